The molecule has 2 amide bonds. The van der Waals surface area contributed by atoms with Crippen LogP contribution in [0.15, 0.2) is 70.9 Å². The Balaban J connectivity index is 0.000000480. The van der Waals surface area contributed by atoms with Crippen LogP contribution in [0.1, 0.15) is 77.5 Å². The normalized spacial score (nSPS) is 14.0. The number of primary amides is 1. The van der Waals surface area contributed by atoms with E-state index in [1.54, 1.807) is 72.1 Å². The van der Waals surface area contributed by atoms with Crippen LogP contribution in [0.3, 0.4) is 0 Å². The molecule has 3 aromatic rings. The molecule has 1 fully saturated rings. The zero-order valence-electron chi connectivity index (χ0n) is 25.1. The third-order valence-corrected chi connectivity index (χ3v) is 10.7. The topological polar surface area (TPSA) is 131 Å². The van der Waals surface area contributed by atoms with Crippen molar-refractivity contribution >= 4 is 33.2 Å². The van der Waals surface area contributed by atoms with Gasteiger partial charge in [-0.1, -0.05) is 56.9 Å². The first-order chi connectivity index (χ1) is 20.7. The van der Waals surface area contributed by atoms with E-state index in [-0.39, 0.29) is 18.4 Å². The number of benzene rings is 2. The largest absolute Gasteiger partial charge is 0.497 e. The standard InChI is InChI=1S/C25H37N3O4S2.C7H7NO/c1-3-4-5-6-7-15-26-21-13-16-28(17-14-21)34(30,31)24-12-11-23(33-24)19-27-25(29)20-9-8-10-22(18-20)32-2;8-7(9)6-4-2-1-3-5-6/h8-12,18,21,26H,3-7,13-17,19H2,1-2H3,(H,27,29);1-5H,(H2,8,9). The zero-order chi connectivity index (χ0) is 31.1. The van der Waals surface area contributed by atoms with Gasteiger partial charge in [-0.3, -0.25) is 9.59 Å². The van der Waals surface area contributed by atoms with Gasteiger partial charge in [0.1, 0.15) is 9.96 Å². The molecule has 11 heteroatoms. The first-order valence-corrected chi connectivity index (χ1v) is 17.1. The van der Waals surface area contributed by atoms with Gasteiger partial charge in [0.25, 0.3) is 15.9 Å². The number of methoxy groups -OCH3 is 1. The van der Waals surface area contributed by atoms with E-state index in [1.807, 2.05) is 6.07 Å². The predicted octanol–water partition coefficient (Wildman–Crippen LogP) is 5.19. The summed E-state index contributed by atoms with van der Waals surface area (Å²) in [7, 11) is -1.95. The Hall–Kier alpha value is -3.25. The summed E-state index contributed by atoms with van der Waals surface area (Å²) in [4.78, 5) is 23.6. The first-order valence-electron chi connectivity index (χ1n) is 14.8. The van der Waals surface area contributed by atoms with Crippen LogP contribution in [0, 0.1) is 0 Å². The summed E-state index contributed by atoms with van der Waals surface area (Å²) in [6.45, 7) is 4.58. The molecule has 234 valence electrons. The number of carbonyl (C=O) groups excluding carboxylic acids is 2. The molecule has 43 heavy (non-hydrogen) atoms. The van der Waals surface area contributed by atoms with Crippen molar-refractivity contribution in [2.45, 2.75) is 68.7 Å². The summed E-state index contributed by atoms with van der Waals surface area (Å²) in [6.07, 6.45) is 7.97. The summed E-state index contributed by atoms with van der Waals surface area (Å²) in [6, 6.07) is 19.5. The Morgan fingerprint density at radius 2 is 1.65 bits per heavy atom. The van der Waals surface area contributed by atoms with Crippen molar-refractivity contribution < 1.29 is 22.7 Å². The van der Waals surface area contributed by atoms with E-state index in [4.69, 9.17) is 10.5 Å². The molecular weight excluding hydrogens is 585 g/mol. The predicted molar refractivity (Wildman–Crippen MR) is 172 cm³/mol. The number of sulfonamides is 1. The van der Waals surface area contributed by atoms with Gasteiger partial charge in [0.15, 0.2) is 0 Å². The zero-order valence-corrected chi connectivity index (χ0v) is 26.7. The second-order valence-electron chi connectivity index (χ2n) is 10.4. The maximum absolute atomic E-state index is 13.1. The van der Waals surface area contributed by atoms with Gasteiger partial charge in [0.05, 0.1) is 13.7 Å². The number of piperidine rings is 1. The van der Waals surface area contributed by atoms with E-state index in [0.717, 1.165) is 24.3 Å². The van der Waals surface area contributed by atoms with Crippen LogP contribution in [0.25, 0.3) is 0 Å². The molecule has 2 heterocycles. The second-order valence-corrected chi connectivity index (χ2v) is 13.7. The summed E-state index contributed by atoms with van der Waals surface area (Å²) in [5, 5.41) is 6.45. The Morgan fingerprint density at radius 1 is 0.953 bits per heavy atom. The molecule has 0 bridgehead atoms. The fourth-order valence-electron chi connectivity index (χ4n) is 4.69. The minimum Gasteiger partial charge on any atom is -0.497 e. The second kappa shape index (κ2) is 17.8. The van der Waals surface area contributed by atoms with Crippen molar-refractivity contribution in [1.82, 2.24) is 14.9 Å². The SMILES string of the molecule is CCCCCCCNC1CCN(S(=O)(=O)c2ccc(CNC(=O)c3cccc(OC)c3)s2)CC1.NC(=O)c1ccccc1. The molecule has 1 saturated heterocycles. The molecule has 2 aromatic carbocycles. The summed E-state index contributed by atoms with van der Waals surface area (Å²) in [5.41, 5.74) is 6.03. The number of amides is 2. The number of nitrogens with one attached hydrogen (secondary N) is 2. The van der Waals surface area contributed by atoms with E-state index in [1.165, 1.54) is 43.4 Å². The van der Waals surface area contributed by atoms with Gasteiger partial charge in [-0.05, 0) is 68.3 Å². The van der Waals surface area contributed by atoms with Crippen LogP contribution in [-0.4, -0.2) is 57.3 Å². The maximum Gasteiger partial charge on any atom is 0.252 e. The number of hydrogen-bond donors (Lipinski definition) is 3. The molecule has 1 aliphatic heterocycles. The van der Waals surface area contributed by atoms with Crippen LogP contribution in [0.4, 0.5) is 0 Å². The monoisotopic (exact) mass is 628 g/mol. The number of nitrogens with two attached hydrogens (primary N) is 1. The van der Waals surface area contributed by atoms with Gasteiger partial charge in [0.2, 0.25) is 5.91 Å². The van der Waals surface area contributed by atoms with Crippen LogP contribution in [-0.2, 0) is 16.6 Å². The molecule has 0 atom stereocenters. The third kappa shape index (κ3) is 11.1. The highest BCUT2D eigenvalue weighted by molar-refractivity contribution is 7.91. The Kier molecular flexibility index (Phi) is 14.1. The Morgan fingerprint density at radius 3 is 2.30 bits per heavy atom. The van der Waals surface area contributed by atoms with E-state index < -0.39 is 10.0 Å². The highest BCUT2D eigenvalue weighted by atomic mass is 32.2. The van der Waals surface area contributed by atoms with Crippen molar-refractivity contribution in [2.24, 2.45) is 5.73 Å². The van der Waals surface area contributed by atoms with Gasteiger partial charge in [-0.25, -0.2) is 8.42 Å². The average molecular weight is 629 g/mol. The van der Waals surface area contributed by atoms with Gasteiger partial charge in [0, 0.05) is 35.1 Å². The molecule has 0 radical (unpaired) electrons. The third-order valence-electron chi connectivity index (χ3n) is 7.21. The van der Waals surface area contributed by atoms with Gasteiger partial charge < -0.3 is 21.1 Å². The van der Waals surface area contributed by atoms with Crippen LogP contribution in [0.5, 0.6) is 5.75 Å². The fraction of sp³-hybridized carbons (Fsp3) is 0.438. The molecular formula is C32H44N4O5S2. The smallest absolute Gasteiger partial charge is 0.252 e. The molecule has 4 N–H and O–H groups in total. The lowest BCUT2D eigenvalue weighted by molar-refractivity contribution is 0.0949. The summed E-state index contributed by atoms with van der Waals surface area (Å²) in [5.74, 6) is 0.00957. The minimum atomic E-state index is -3.50. The number of ether oxygens (including phenoxy) is 1. The molecule has 1 aromatic heterocycles. The minimum absolute atomic E-state index is 0.225. The van der Waals surface area contributed by atoms with Gasteiger partial charge >= 0.3 is 0 Å². The average Bonchev–Trinajstić information content (AvgIpc) is 3.53. The van der Waals surface area contributed by atoms with Crippen LogP contribution < -0.4 is 21.1 Å². The number of thiophene rings is 1. The summed E-state index contributed by atoms with van der Waals surface area (Å²) < 4.78 is 33.3. The molecule has 0 aliphatic carbocycles. The number of hydrogen-bond acceptors (Lipinski definition) is 7. The molecule has 4 rings (SSSR count). The van der Waals surface area contributed by atoms with Gasteiger partial charge in [-0.2, -0.15) is 4.31 Å². The van der Waals surface area contributed by atoms with E-state index in [0.29, 0.717) is 40.2 Å². The van der Waals surface area contributed by atoms with Crippen LogP contribution >= 0.6 is 11.3 Å². The van der Waals surface area contributed by atoms with Crippen molar-refractivity contribution in [2.75, 3.05) is 26.7 Å². The summed E-state index contributed by atoms with van der Waals surface area (Å²) >= 11 is 1.22. The molecule has 9 nitrogen and oxygen atoms in total. The lowest BCUT2D eigenvalue weighted by Crippen LogP contribution is -2.44. The van der Waals surface area contributed by atoms with E-state index >= 15 is 0 Å². The van der Waals surface area contributed by atoms with Crippen LogP contribution in [0.2, 0.25) is 0 Å². The Labute approximate surface area is 259 Å². The molecule has 0 spiro atoms. The van der Waals surface area contributed by atoms with Crippen molar-refractivity contribution in [3.63, 3.8) is 0 Å². The van der Waals surface area contributed by atoms with Crippen molar-refractivity contribution in [3.05, 3.63) is 82.7 Å². The fourth-order valence-corrected chi connectivity index (χ4v) is 7.61. The lowest BCUT2D eigenvalue weighted by Gasteiger charge is -2.31. The number of rotatable bonds is 14. The number of carbonyl (C=O) groups is 2. The van der Waals surface area contributed by atoms with E-state index in [2.05, 4.69) is 17.6 Å². The van der Waals surface area contributed by atoms with Gasteiger partial charge in [-0.15, -0.1) is 11.3 Å². The van der Waals surface area contributed by atoms with E-state index in [9.17, 15) is 18.0 Å². The Bertz CT molecular complexity index is 1390. The highest BCUT2D eigenvalue weighted by Gasteiger charge is 2.30. The lowest BCUT2D eigenvalue weighted by atomic mass is 10.1. The molecule has 0 saturated carbocycles. The maximum atomic E-state index is 13.1. The quantitative estimate of drug-likeness (QED) is 0.211. The first kappa shape index (κ1) is 34.2. The van der Waals surface area contributed by atoms with Crippen molar-refractivity contribution in [1.29, 1.82) is 0 Å². The number of nitrogens with zero attached hydrogens (tertiary/aromatic N) is 1. The molecule has 0 unspecified atom stereocenters. The van der Waals surface area contributed by atoms with Crippen molar-refractivity contribution in [3.8, 4) is 5.75 Å². The molecule has 1 aliphatic rings. The number of unbranched alkanes of at least 4 members (excludes halogenated alkanes) is 4. The highest BCUT2D eigenvalue weighted by Crippen LogP contribution is 2.27.